The van der Waals surface area contributed by atoms with Crippen molar-refractivity contribution in [3.8, 4) is 0 Å². The van der Waals surface area contributed by atoms with Gasteiger partial charge in [0.25, 0.3) is 5.91 Å². The van der Waals surface area contributed by atoms with Crippen LogP contribution in [0, 0.1) is 0 Å². The van der Waals surface area contributed by atoms with E-state index in [9.17, 15) is 4.79 Å². The molecule has 1 N–H and O–H groups in total. The van der Waals surface area contributed by atoms with Crippen LogP contribution in [0.15, 0.2) is 6.07 Å². The summed E-state index contributed by atoms with van der Waals surface area (Å²) in [6.45, 7) is 5.59. The van der Waals surface area contributed by atoms with Gasteiger partial charge in [0.1, 0.15) is 5.69 Å². The highest BCUT2D eigenvalue weighted by atomic mass is 16.2. The predicted octanol–water partition coefficient (Wildman–Crippen LogP) is 2.38. The Labute approximate surface area is 96.8 Å². The quantitative estimate of drug-likeness (QED) is 0.834. The van der Waals surface area contributed by atoms with Crippen molar-refractivity contribution in [1.29, 1.82) is 0 Å². The molecule has 1 aliphatic rings. The third kappa shape index (κ3) is 1.99. The molecule has 0 atom stereocenters. The van der Waals surface area contributed by atoms with Gasteiger partial charge in [0.2, 0.25) is 0 Å². The molecule has 1 heterocycles. The lowest BCUT2D eigenvalue weighted by atomic mass is 9.98. The molecule has 0 unspecified atom stereocenters. The highest BCUT2D eigenvalue weighted by molar-refractivity contribution is 5.92. The summed E-state index contributed by atoms with van der Waals surface area (Å²) >= 11 is 0. The Hall–Kier alpha value is -1.25. The summed E-state index contributed by atoms with van der Waals surface area (Å²) < 4.78 is 0. The highest BCUT2D eigenvalue weighted by Crippen LogP contribution is 2.22. The van der Waals surface area contributed by atoms with Crippen LogP contribution >= 0.6 is 0 Å². The van der Waals surface area contributed by atoms with E-state index >= 15 is 0 Å². The maximum Gasteiger partial charge on any atom is 0.270 e. The van der Waals surface area contributed by atoms with Gasteiger partial charge in [-0.3, -0.25) is 4.79 Å². The first-order chi connectivity index (χ1) is 7.76. The molecule has 1 aliphatic carbocycles. The van der Waals surface area contributed by atoms with Crippen LogP contribution in [0.3, 0.4) is 0 Å². The third-order valence-corrected chi connectivity index (χ3v) is 3.40. The number of rotatable bonds is 3. The van der Waals surface area contributed by atoms with Crippen LogP contribution < -0.4 is 0 Å². The van der Waals surface area contributed by atoms with Gasteiger partial charge in [-0.05, 0) is 51.2 Å². The highest BCUT2D eigenvalue weighted by Gasteiger charge is 2.18. The van der Waals surface area contributed by atoms with Crippen LogP contribution in [0.4, 0.5) is 0 Å². The molecule has 0 saturated heterocycles. The summed E-state index contributed by atoms with van der Waals surface area (Å²) in [6, 6.07) is 2.05. The van der Waals surface area contributed by atoms with Gasteiger partial charge in [0.05, 0.1) is 0 Å². The van der Waals surface area contributed by atoms with E-state index in [0.29, 0.717) is 0 Å². The summed E-state index contributed by atoms with van der Waals surface area (Å²) in [6.07, 6.45) is 4.72. The van der Waals surface area contributed by atoms with E-state index in [1.165, 1.54) is 24.1 Å². The number of aryl methyl sites for hydroxylation is 2. The monoisotopic (exact) mass is 220 g/mol. The number of aromatic nitrogens is 1. The average Bonchev–Trinajstić information content (AvgIpc) is 2.74. The fourth-order valence-corrected chi connectivity index (χ4v) is 2.40. The lowest BCUT2D eigenvalue weighted by Gasteiger charge is -2.17. The van der Waals surface area contributed by atoms with Crippen LogP contribution in [0.1, 0.15) is 48.4 Å². The van der Waals surface area contributed by atoms with Crippen molar-refractivity contribution in [2.75, 3.05) is 13.1 Å². The number of carbonyl (C=O) groups is 1. The number of fused-ring (bicyclic) bond motifs is 1. The minimum atomic E-state index is 0.138. The van der Waals surface area contributed by atoms with Gasteiger partial charge in [-0.25, -0.2) is 0 Å². The standard InChI is InChI=1S/C13H20N2O/c1-3-15(4-2)13(16)12-9-10-7-5-6-8-11(10)14-12/h9,14H,3-8H2,1-2H3. The summed E-state index contributed by atoms with van der Waals surface area (Å²) in [7, 11) is 0. The minimum Gasteiger partial charge on any atom is -0.354 e. The van der Waals surface area contributed by atoms with Gasteiger partial charge < -0.3 is 9.88 Å². The second-order valence-electron chi connectivity index (χ2n) is 4.37. The maximum atomic E-state index is 12.1. The van der Waals surface area contributed by atoms with Crippen molar-refractivity contribution in [3.63, 3.8) is 0 Å². The third-order valence-electron chi connectivity index (χ3n) is 3.40. The van der Waals surface area contributed by atoms with E-state index in [-0.39, 0.29) is 5.91 Å². The first-order valence-electron chi connectivity index (χ1n) is 6.26. The lowest BCUT2D eigenvalue weighted by Crippen LogP contribution is -2.30. The Morgan fingerprint density at radius 3 is 2.62 bits per heavy atom. The van der Waals surface area contributed by atoms with Gasteiger partial charge in [-0.15, -0.1) is 0 Å². The first kappa shape index (κ1) is 11.2. The van der Waals surface area contributed by atoms with E-state index in [4.69, 9.17) is 0 Å². The molecule has 0 aliphatic heterocycles. The van der Waals surface area contributed by atoms with Crippen molar-refractivity contribution in [2.24, 2.45) is 0 Å². The molecule has 88 valence electrons. The number of hydrogen-bond acceptors (Lipinski definition) is 1. The van der Waals surface area contributed by atoms with Crippen molar-refractivity contribution in [3.05, 3.63) is 23.0 Å². The number of H-pyrrole nitrogens is 1. The number of carbonyl (C=O) groups excluding carboxylic acids is 1. The molecule has 0 spiro atoms. The number of nitrogens with zero attached hydrogens (tertiary/aromatic N) is 1. The molecule has 0 bridgehead atoms. The number of nitrogens with one attached hydrogen (secondary N) is 1. The molecule has 1 aromatic rings. The number of amides is 1. The Kier molecular flexibility index (Phi) is 3.32. The Morgan fingerprint density at radius 1 is 1.31 bits per heavy atom. The number of aromatic amines is 1. The van der Waals surface area contributed by atoms with Gasteiger partial charge in [0.15, 0.2) is 0 Å². The largest absolute Gasteiger partial charge is 0.354 e. The summed E-state index contributed by atoms with van der Waals surface area (Å²) in [5.41, 5.74) is 3.40. The molecule has 3 heteroatoms. The average molecular weight is 220 g/mol. The SMILES string of the molecule is CCN(CC)C(=O)c1cc2c([nH]1)CCCC2. The van der Waals surface area contributed by atoms with E-state index in [0.717, 1.165) is 31.6 Å². The van der Waals surface area contributed by atoms with Crippen LogP contribution in [-0.2, 0) is 12.8 Å². The molecule has 1 amide bonds. The Balaban J connectivity index is 2.20. The van der Waals surface area contributed by atoms with Crippen LogP contribution in [0.2, 0.25) is 0 Å². The molecule has 0 aromatic carbocycles. The lowest BCUT2D eigenvalue weighted by molar-refractivity contribution is 0.0767. The second kappa shape index (κ2) is 4.73. The van der Waals surface area contributed by atoms with Crippen molar-refractivity contribution >= 4 is 5.91 Å². The molecular weight excluding hydrogens is 200 g/mol. The van der Waals surface area contributed by atoms with Crippen LogP contribution in [-0.4, -0.2) is 28.9 Å². The van der Waals surface area contributed by atoms with E-state index in [2.05, 4.69) is 11.1 Å². The molecule has 0 saturated carbocycles. The zero-order valence-electron chi connectivity index (χ0n) is 10.2. The van der Waals surface area contributed by atoms with Gasteiger partial charge in [-0.2, -0.15) is 0 Å². The van der Waals surface area contributed by atoms with Gasteiger partial charge in [0, 0.05) is 18.8 Å². The molecule has 0 radical (unpaired) electrons. The fraction of sp³-hybridized carbons (Fsp3) is 0.615. The summed E-state index contributed by atoms with van der Waals surface area (Å²) in [5.74, 6) is 0.138. The van der Waals surface area contributed by atoms with Crippen molar-refractivity contribution in [1.82, 2.24) is 9.88 Å². The second-order valence-corrected chi connectivity index (χ2v) is 4.37. The maximum absolute atomic E-state index is 12.1. The molecular formula is C13H20N2O. The minimum absolute atomic E-state index is 0.138. The normalized spacial score (nSPS) is 14.6. The predicted molar refractivity (Wildman–Crippen MR) is 64.7 cm³/mol. The smallest absolute Gasteiger partial charge is 0.270 e. The molecule has 0 fully saturated rings. The van der Waals surface area contributed by atoms with E-state index in [1.54, 1.807) is 0 Å². The topological polar surface area (TPSA) is 36.1 Å². The summed E-state index contributed by atoms with van der Waals surface area (Å²) in [4.78, 5) is 17.3. The first-order valence-corrected chi connectivity index (χ1v) is 6.26. The fourth-order valence-electron chi connectivity index (χ4n) is 2.40. The van der Waals surface area contributed by atoms with E-state index < -0.39 is 0 Å². The Morgan fingerprint density at radius 2 is 2.00 bits per heavy atom. The van der Waals surface area contributed by atoms with Gasteiger partial charge >= 0.3 is 0 Å². The molecule has 2 rings (SSSR count). The van der Waals surface area contributed by atoms with Crippen LogP contribution in [0.5, 0.6) is 0 Å². The zero-order chi connectivity index (χ0) is 11.5. The number of hydrogen-bond donors (Lipinski definition) is 1. The van der Waals surface area contributed by atoms with Crippen LogP contribution in [0.25, 0.3) is 0 Å². The van der Waals surface area contributed by atoms with Crippen molar-refractivity contribution in [2.45, 2.75) is 39.5 Å². The van der Waals surface area contributed by atoms with Crippen molar-refractivity contribution < 1.29 is 4.79 Å². The summed E-state index contributed by atoms with van der Waals surface area (Å²) in [5, 5.41) is 0. The van der Waals surface area contributed by atoms with E-state index in [1.807, 2.05) is 18.7 Å². The molecule has 3 nitrogen and oxygen atoms in total. The molecule has 16 heavy (non-hydrogen) atoms. The Bertz CT molecular complexity index is 354. The molecule has 1 aromatic heterocycles. The zero-order valence-corrected chi connectivity index (χ0v) is 10.2. The van der Waals surface area contributed by atoms with Gasteiger partial charge in [-0.1, -0.05) is 0 Å².